The van der Waals surface area contributed by atoms with Gasteiger partial charge in [0.1, 0.15) is 16.6 Å². The number of aromatic nitrogens is 1. The molecule has 86 valence electrons. The summed E-state index contributed by atoms with van der Waals surface area (Å²) >= 11 is 1.22. The van der Waals surface area contributed by atoms with Crippen LogP contribution in [0, 0.1) is 23.7 Å². The van der Waals surface area contributed by atoms with Crippen LogP contribution in [0.3, 0.4) is 0 Å². The first kappa shape index (κ1) is 12.5. The van der Waals surface area contributed by atoms with E-state index in [1.54, 1.807) is 20.8 Å². The summed E-state index contributed by atoms with van der Waals surface area (Å²) in [6.45, 7) is 5.67. The van der Waals surface area contributed by atoms with Gasteiger partial charge in [-0.3, -0.25) is 4.79 Å². The van der Waals surface area contributed by atoms with Crippen LogP contribution in [-0.4, -0.2) is 16.8 Å². The lowest BCUT2D eigenvalue weighted by Crippen LogP contribution is -2.37. The molecule has 1 heterocycles. The highest BCUT2D eigenvalue weighted by Crippen LogP contribution is 2.25. The van der Waals surface area contributed by atoms with E-state index in [1.807, 2.05) is 0 Å². The molecule has 1 rings (SSSR count). The predicted molar refractivity (Wildman–Crippen MR) is 63.0 cm³/mol. The Morgan fingerprint density at radius 3 is 2.81 bits per heavy atom. The standard InChI is InChI=1S/C10H14N4OS/c1-6-7(4-11)8(16-14-6)13-5-10(2,3)9(12)15/h13H,5H2,1-3H3,(H2,12,15). The topological polar surface area (TPSA) is 91.8 Å². The number of aryl methyl sites for hydroxylation is 1. The molecule has 0 atom stereocenters. The highest BCUT2D eigenvalue weighted by Gasteiger charge is 2.25. The van der Waals surface area contributed by atoms with Crippen molar-refractivity contribution in [1.29, 1.82) is 5.26 Å². The minimum atomic E-state index is -0.648. The Morgan fingerprint density at radius 1 is 1.69 bits per heavy atom. The zero-order valence-electron chi connectivity index (χ0n) is 9.50. The molecule has 0 unspecified atom stereocenters. The first-order valence-corrected chi connectivity index (χ1v) is 5.56. The van der Waals surface area contributed by atoms with Crippen LogP contribution in [0.4, 0.5) is 5.00 Å². The van der Waals surface area contributed by atoms with Crippen LogP contribution in [0.5, 0.6) is 0 Å². The normalized spacial score (nSPS) is 10.9. The zero-order valence-corrected chi connectivity index (χ0v) is 10.3. The van der Waals surface area contributed by atoms with Gasteiger partial charge in [0.25, 0.3) is 0 Å². The van der Waals surface area contributed by atoms with Crippen molar-refractivity contribution in [3.63, 3.8) is 0 Å². The van der Waals surface area contributed by atoms with Gasteiger partial charge < -0.3 is 11.1 Å². The number of nitriles is 1. The van der Waals surface area contributed by atoms with E-state index in [1.165, 1.54) is 11.5 Å². The fourth-order valence-corrected chi connectivity index (χ4v) is 1.75. The van der Waals surface area contributed by atoms with Crippen molar-refractivity contribution in [1.82, 2.24) is 4.37 Å². The molecule has 0 bridgehead atoms. The van der Waals surface area contributed by atoms with Crippen molar-refractivity contribution in [3.8, 4) is 6.07 Å². The molecule has 3 N–H and O–H groups in total. The van der Waals surface area contributed by atoms with Crippen LogP contribution in [0.15, 0.2) is 0 Å². The lowest BCUT2D eigenvalue weighted by molar-refractivity contribution is -0.125. The maximum atomic E-state index is 11.1. The smallest absolute Gasteiger partial charge is 0.224 e. The van der Waals surface area contributed by atoms with Crippen molar-refractivity contribution < 1.29 is 4.79 Å². The van der Waals surface area contributed by atoms with Gasteiger partial charge >= 0.3 is 0 Å². The van der Waals surface area contributed by atoms with Crippen molar-refractivity contribution in [2.24, 2.45) is 11.1 Å². The minimum Gasteiger partial charge on any atom is -0.374 e. The molecule has 0 spiro atoms. The summed E-state index contributed by atoms with van der Waals surface area (Å²) in [5, 5.41) is 12.6. The first-order valence-electron chi connectivity index (χ1n) is 4.78. The second kappa shape index (κ2) is 4.49. The number of nitrogens with one attached hydrogen (secondary N) is 1. The molecule has 1 amide bonds. The fourth-order valence-electron chi connectivity index (χ4n) is 1.01. The summed E-state index contributed by atoms with van der Waals surface area (Å²) in [5.41, 5.74) is 5.84. The van der Waals surface area contributed by atoms with Crippen LogP contribution >= 0.6 is 11.5 Å². The molecule has 0 fully saturated rings. The van der Waals surface area contributed by atoms with Gasteiger partial charge in [0.15, 0.2) is 0 Å². The van der Waals surface area contributed by atoms with Crippen LogP contribution in [0.25, 0.3) is 0 Å². The average Bonchev–Trinajstić information content (AvgIpc) is 2.56. The third-order valence-corrected chi connectivity index (χ3v) is 3.23. The predicted octanol–water partition coefficient (Wildman–Crippen LogP) is 1.25. The van der Waals surface area contributed by atoms with E-state index in [2.05, 4.69) is 15.8 Å². The number of carbonyl (C=O) groups excluding carboxylic acids is 1. The molecule has 0 saturated carbocycles. The van der Waals surface area contributed by atoms with E-state index in [0.29, 0.717) is 22.8 Å². The molecule has 16 heavy (non-hydrogen) atoms. The van der Waals surface area contributed by atoms with Crippen LogP contribution in [0.1, 0.15) is 25.1 Å². The van der Waals surface area contributed by atoms with Gasteiger partial charge in [0, 0.05) is 6.54 Å². The Labute approximate surface area is 98.4 Å². The summed E-state index contributed by atoms with van der Waals surface area (Å²) < 4.78 is 4.07. The van der Waals surface area contributed by atoms with Gasteiger partial charge in [-0.1, -0.05) is 0 Å². The Bertz CT molecular complexity index is 444. The van der Waals surface area contributed by atoms with E-state index < -0.39 is 5.41 Å². The van der Waals surface area contributed by atoms with E-state index in [-0.39, 0.29) is 5.91 Å². The lowest BCUT2D eigenvalue weighted by atomic mass is 9.93. The molecule has 0 saturated heterocycles. The van der Waals surface area contributed by atoms with Crippen LogP contribution < -0.4 is 11.1 Å². The molecular formula is C10H14N4OS. The van der Waals surface area contributed by atoms with Crippen LogP contribution in [0.2, 0.25) is 0 Å². The molecule has 0 aliphatic carbocycles. The second-order valence-corrected chi connectivity index (χ2v) is 4.96. The highest BCUT2D eigenvalue weighted by atomic mass is 32.1. The van der Waals surface area contributed by atoms with Gasteiger partial charge in [0.05, 0.1) is 11.1 Å². The molecular weight excluding hydrogens is 224 g/mol. The molecule has 0 aliphatic rings. The summed E-state index contributed by atoms with van der Waals surface area (Å²) in [5.74, 6) is -0.375. The van der Waals surface area contributed by atoms with Crippen molar-refractivity contribution in [3.05, 3.63) is 11.3 Å². The van der Waals surface area contributed by atoms with Crippen molar-refractivity contribution in [2.45, 2.75) is 20.8 Å². The Kier molecular flexibility index (Phi) is 3.50. The summed E-state index contributed by atoms with van der Waals surface area (Å²) in [6, 6.07) is 2.08. The van der Waals surface area contributed by atoms with Gasteiger partial charge in [-0.15, -0.1) is 0 Å². The monoisotopic (exact) mass is 238 g/mol. The summed E-state index contributed by atoms with van der Waals surface area (Å²) in [7, 11) is 0. The molecule has 1 aromatic rings. The molecule has 1 aromatic heterocycles. The maximum Gasteiger partial charge on any atom is 0.224 e. The molecule has 0 aliphatic heterocycles. The number of anilines is 1. The zero-order chi connectivity index (χ0) is 12.3. The molecule has 0 radical (unpaired) electrons. The number of nitrogens with zero attached hydrogens (tertiary/aromatic N) is 2. The summed E-state index contributed by atoms with van der Waals surface area (Å²) in [6.07, 6.45) is 0. The first-order chi connectivity index (χ1) is 7.38. The number of nitrogens with two attached hydrogens (primary N) is 1. The Balaban J connectivity index is 2.76. The van der Waals surface area contributed by atoms with Crippen molar-refractivity contribution in [2.75, 3.05) is 11.9 Å². The van der Waals surface area contributed by atoms with Crippen molar-refractivity contribution >= 4 is 22.4 Å². The third kappa shape index (κ3) is 2.49. The van der Waals surface area contributed by atoms with Gasteiger partial charge in [-0.25, -0.2) is 0 Å². The second-order valence-electron chi connectivity index (χ2n) is 4.19. The quantitative estimate of drug-likeness (QED) is 0.825. The average molecular weight is 238 g/mol. The number of primary amides is 1. The minimum absolute atomic E-state index is 0.375. The number of hydrogen-bond donors (Lipinski definition) is 2. The highest BCUT2D eigenvalue weighted by molar-refractivity contribution is 7.10. The third-order valence-electron chi connectivity index (χ3n) is 2.33. The van der Waals surface area contributed by atoms with E-state index in [4.69, 9.17) is 11.0 Å². The maximum absolute atomic E-state index is 11.1. The SMILES string of the molecule is Cc1nsc(NCC(C)(C)C(N)=O)c1C#N. The van der Waals surface area contributed by atoms with Gasteiger partial charge in [-0.2, -0.15) is 9.64 Å². The Hall–Kier alpha value is -1.61. The van der Waals surface area contributed by atoms with E-state index >= 15 is 0 Å². The summed E-state index contributed by atoms with van der Waals surface area (Å²) in [4.78, 5) is 11.1. The number of rotatable bonds is 4. The van der Waals surface area contributed by atoms with E-state index in [9.17, 15) is 4.79 Å². The molecule has 6 heteroatoms. The largest absolute Gasteiger partial charge is 0.374 e. The van der Waals surface area contributed by atoms with Gasteiger partial charge in [0.2, 0.25) is 5.91 Å². The fraction of sp³-hybridized carbons (Fsp3) is 0.500. The molecule has 0 aromatic carbocycles. The Morgan fingerprint density at radius 2 is 2.31 bits per heavy atom. The number of amides is 1. The number of hydrogen-bond acceptors (Lipinski definition) is 5. The van der Waals surface area contributed by atoms with Crippen LogP contribution in [-0.2, 0) is 4.79 Å². The lowest BCUT2D eigenvalue weighted by Gasteiger charge is -2.20. The van der Waals surface area contributed by atoms with E-state index in [0.717, 1.165) is 0 Å². The molecule has 5 nitrogen and oxygen atoms in total. The number of carbonyl (C=O) groups is 1. The van der Waals surface area contributed by atoms with Gasteiger partial charge in [-0.05, 0) is 32.3 Å².